The van der Waals surface area contributed by atoms with Crippen LogP contribution in [0.2, 0.25) is 0 Å². The predicted octanol–water partition coefficient (Wildman–Crippen LogP) is 4.18. The van der Waals surface area contributed by atoms with Gasteiger partial charge in [0.1, 0.15) is 0 Å². The van der Waals surface area contributed by atoms with Crippen molar-refractivity contribution in [2.24, 2.45) is 11.8 Å². The molecule has 6 atom stereocenters. The molecule has 3 aromatic rings. The van der Waals surface area contributed by atoms with Crippen molar-refractivity contribution in [1.82, 2.24) is 30.9 Å². The number of amides is 1. The van der Waals surface area contributed by atoms with Gasteiger partial charge in [0.2, 0.25) is 5.91 Å². The first-order valence-corrected chi connectivity index (χ1v) is 14.1. The van der Waals surface area contributed by atoms with E-state index in [9.17, 15) is 23.1 Å². The van der Waals surface area contributed by atoms with Crippen LogP contribution in [0.15, 0.2) is 42.7 Å². The minimum atomic E-state index is -4.44. The van der Waals surface area contributed by atoms with E-state index in [0.29, 0.717) is 30.2 Å². The highest BCUT2D eigenvalue weighted by Gasteiger charge is 2.44. The Labute approximate surface area is 230 Å². The highest BCUT2D eigenvalue weighted by Crippen LogP contribution is 2.41. The minimum Gasteiger partial charge on any atom is -0.388 e. The molecule has 1 aromatic carbocycles. The topological polar surface area (TPSA) is 104 Å². The number of rotatable bonds is 5. The predicted molar refractivity (Wildman–Crippen MR) is 143 cm³/mol. The first-order chi connectivity index (χ1) is 19.1. The maximum Gasteiger partial charge on any atom is 0.416 e. The molecule has 40 heavy (non-hydrogen) atoms. The molecule has 1 aliphatic heterocycles. The number of aryl methyl sites for hydroxylation is 1. The van der Waals surface area contributed by atoms with Crippen molar-refractivity contribution in [1.29, 1.82) is 0 Å². The van der Waals surface area contributed by atoms with Gasteiger partial charge in [-0.1, -0.05) is 6.07 Å². The van der Waals surface area contributed by atoms with Crippen LogP contribution >= 0.6 is 0 Å². The van der Waals surface area contributed by atoms with Crippen molar-refractivity contribution in [2.45, 2.75) is 88.3 Å². The third-order valence-corrected chi connectivity index (χ3v) is 8.91. The normalized spacial score (nSPS) is 30.8. The summed E-state index contributed by atoms with van der Waals surface area (Å²) in [5.41, 5.74) is 7.38. The number of nitrogens with one attached hydrogen (secondary N) is 3. The molecule has 1 saturated heterocycles. The molecule has 3 fully saturated rings. The molecule has 4 N–H and O–H groups in total. The van der Waals surface area contributed by atoms with Gasteiger partial charge in [-0.15, -0.1) is 0 Å². The zero-order valence-electron chi connectivity index (χ0n) is 22.4. The SMILES string of the molecule is Cc1cc(C2NNC3CCC(C(=O)N[C@H]4CCC[C@@](O)(Cn5cc6ccc(C(F)(F)F)cc6n5)C4)CC32)ccn1. The summed E-state index contributed by atoms with van der Waals surface area (Å²) < 4.78 is 40.8. The van der Waals surface area contributed by atoms with E-state index >= 15 is 0 Å². The number of aliphatic hydroxyl groups is 1. The highest BCUT2D eigenvalue weighted by atomic mass is 19.4. The Morgan fingerprint density at radius 3 is 2.85 bits per heavy atom. The summed E-state index contributed by atoms with van der Waals surface area (Å²) in [6, 6.07) is 7.87. The number of nitrogens with zero attached hydrogens (tertiary/aromatic N) is 3. The van der Waals surface area contributed by atoms with Crippen LogP contribution in [0.25, 0.3) is 10.9 Å². The number of hydrazine groups is 1. The lowest BCUT2D eigenvalue weighted by atomic mass is 9.74. The summed E-state index contributed by atoms with van der Waals surface area (Å²) in [5, 5.41) is 19.5. The molecule has 2 aliphatic carbocycles. The molecule has 2 aromatic heterocycles. The van der Waals surface area contributed by atoms with Crippen molar-refractivity contribution in [3.8, 4) is 0 Å². The molecule has 0 radical (unpaired) electrons. The highest BCUT2D eigenvalue weighted by molar-refractivity contribution is 5.79. The Kier molecular flexibility index (Phi) is 7.08. The lowest BCUT2D eigenvalue weighted by Crippen LogP contribution is -2.50. The van der Waals surface area contributed by atoms with Gasteiger partial charge >= 0.3 is 6.18 Å². The number of fused-ring (bicyclic) bond motifs is 2. The number of hydrogen-bond donors (Lipinski definition) is 4. The monoisotopic (exact) mass is 556 g/mol. The van der Waals surface area contributed by atoms with Gasteiger partial charge in [-0.2, -0.15) is 18.3 Å². The number of benzene rings is 1. The number of alkyl halides is 3. The van der Waals surface area contributed by atoms with Crippen LogP contribution in [-0.4, -0.2) is 43.5 Å². The zero-order chi connectivity index (χ0) is 28.1. The summed E-state index contributed by atoms with van der Waals surface area (Å²) in [6.45, 7) is 2.14. The number of carbonyl (C=O) groups excluding carboxylic acids is 1. The van der Waals surface area contributed by atoms with Crippen LogP contribution in [0.4, 0.5) is 13.2 Å². The van der Waals surface area contributed by atoms with Gasteiger partial charge in [0, 0.05) is 41.5 Å². The Balaban J connectivity index is 1.08. The fourth-order valence-corrected chi connectivity index (χ4v) is 6.94. The Hall–Kier alpha value is -3.02. The third kappa shape index (κ3) is 5.59. The molecule has 2 saturated carbocycles. The van der Waals surface area contributed by atoms with Gasteiger partial charge in [-0.05, 0) is 87.6 Å². The lowest BCUT2D eigenvalue weighted by Gasteiger charge is -2.38. The van der Waals surface area contributed by atoms with Gasteiger partial charge in [0.25, 0.3) is 0 Å². The average molecular weight is 557 g/mol. The standard InChI is InChI=1S/C29H35F3N6O2/c1-17-11-18(8-10-33-17)26-23-12-19(5-7-24(23)35-36-26)27(39)34-22-3-2-9-28(40,14-22)16-38-15-20-4-6-21(29(30,31)32)13-25(20)37-38/h4,6,8,10-11,13,15,19,22-24,26,35-36,40H,2-3,5,7,9,12,14,16H2,1H3,(H,34,39)/t19?,22-,23?,24?,26?,28-/m0/s1. The summed E-state index contributed by atoms with van der Waals surface area (Å²) in [6.07, 6.45) is 3.99. The van der Waals surface area contributed by atoms with Crippen LogP contribution in [0.3, 0.4) is 0 Å². The Bertz CT molecular complexity index is 1390. The van der Waals surface area contributed by atoms with E-state index in [2.05, 4.69) is 32.3 Å². The van der Waals surface area contributed by atoms with E-state index in [-0.39, 0.29) is 36.0 Å². The summed E-state index contributed by atoms with van der Waals surface area (Å²) in [5.74, 6) is 0.234. The van der Waals surface area contributed by atoms with E-state index in [1.807, 2.05) is 19.2 Å². The van der Waals surface area contributed by atoms with E-state index in [1.54, 1.807) is 6.20 Å². The van der Waals surface area contributed by atoms with Crippen LogP contribution in [0, 0.1) is 18.8 Å². The summed E-state index contributed by atoms with van der Waals surface area (Å²) in [4.78, 5) is 17.7. The van der Waals surface area contributed by atoms with Crippen LogP contribution < -0.4 is 16.2 Å². The number of aromatic nitrogens is 3. The molecule has 3 aliphatic rings. The number of pyridine rings is 1. The second-order valence-electron chi connectivity index (χ2n) is 11.9. The van der Waals surface area contributed by atoms with Gasteiger partial charge < -0.3 is 10.4 Å². The van der Waals surface area contributed by atoms with E-state index < -0.39 is 17.3 Å². The minimum absolute atomic E-state index is 0.0359. The summed E-state index contributed by atoms with van der Waals surface area (Å²) >= 11 is 0. The van der Waals surface area contributed by atoms with Crippen molar-refractivity contribution < 1.29 is 23.1 Å². The van der Waals surface area contributed by atoms with Crippen molar-refractivity contribution >= 4 is 16.8 Å². The van der Waals surface area contributed by atoms with Crippen LogP contribution in [-0.2, 0) is 17.5 Å². The molecule has 214 valence electrons. The number of hydrogen-bond acceptors (Lipinski definition) is 6. The van der Waals surface area contributed by atoms with E-state index in [1.165, 1.54) is 16.3 Å². The average Bonchev–Trinajstić information content (AvgIpc) is 3.50. The maximum atomic E-state index is 13.4. The fourth-order valence-electron chi connectivity index (χ4n) is 6.94. The quantitative estimate of drug-likeness (QED) is 0.376. The molecule has 1 amide bonds. The van der Waals surface area contributed by atoms with E-state index in [4.69, 9.17) is 0 Å². The zero-order valence-corrected chi connectivity index (χ0v) is 22.4. The van der Waals surface area contributed by atoms with Crippen LogP contribution in [0.1, 0.15) is 67.8 Å². The second kappa shape index (κ2) is 10.4. The van der Waals surface area contributed by atoms with E-state index in [0.717, 1.165) is 49.9 Å². The van der Waals surface area contributed by atoms with Crippen molar-refractivity contribution in [3.63, 3.8) is 0 Å². The maximum absolute atomic E-state index is 13.4. The lowest BCUT2D eigenvalue weighted by molar-refractivity contribution is -0.137. The molecule has 0 spiro atoms. The Morgan fingerprint density at radius 2 is 2.05 bits per heavy atom. The molecular weight excluding hydrogens is 521 g/mol. The molecule has 0 bridgehead atoms. The van der Waals surface area contributed by atoms with Gasteiger partial charge in [-0.25, -0.2) is 5.43 Å². The van der Waals surface area contributed by atoms with Gasteiger partial charge in [-0.3, -0.25) is 19.9 Å². The van der Waals surface area contributed by atoms with Crippen LogP contribution in [0.5, 0.6) is 0 Å². The first-order valence-electron chi connectivity index (χ1n) is 14.1. The summed E-state index contributed by atoms with van der Waals surface area (Å²) in [7, 11) is 0. The number of halogens is 3. The molecule has 6 rings (SSSR count). The largest absolute Gasteiger partial charge is 0.416 e. The van der Waals surface area contributed by atoms with Crippen molar-refractivity contribution in [3.05, 3.63) is 59.5 Å². The van der Waals surface area contributed by atoms with Gasteiger partial charge in [0.05, 0.1) is 29.3 Å². The molecular formula is C29H35F3N6O2. The van der Waals surface area contributed by atoms with Crippen molar-refractivity contribution in [2.75, 3.05) is 0 Å². The molecule has 3 heterocycles. The first kappa shape index (κ1) is 27.2. The molecule has 11 heteroatoms. The molecule has 8 nitrogen and oxygen atoms in total. The van der Waals surface area contributed by atoms with Gasteiger partial charge in [0.15, 0.2) is 0 Å². The Morgan fingerprint density at radius 1 is 1.20 bits per heavy atom. The third-order valence-electron chi connectivity index (χ3n) is 8.91. The number of carbonyl (C=O) groups is 1. The smallest absolute Gasteiger partial charge is 0.388 e. The fraction of sp³-hybridized carbons (Fsp3) is 0.552. The second-order valence-corrected chi connectivity index (χ2v) is 11.9. The molecule has 4 unspecified atom stereocenters.